The molecule has 1 unspecified atom stereocenters. The SMILES string of the molecule is CCNC(=NCCC(CC)N1CCCC1=O)NCCc1ccccc1OC. The highest BCUT2D eigenvalue weighted by molar-refractivity contribution is 5.80. The second-order valence-corrected chi connectivity index (χ2v) is 6.79. The van der Waals surface area contributed by atoms with Crippen molar-refractivity contribution in [3.63, 3.8) is 0 Å². The third-order valence-corrected chi connectivity index (χ3v) is 4.98. The van der Waals surface area contributed by atoms with Crippen molar-refractivity contribution < 1.29 is 9.53 Å². The van der Waals surface area contributed by atoms with E-state index in [0.29, 0.717) is 24.9 Å². The van der Waals surface area contributed by atoms with E-state index in [1.165, 1.54) is 5.56 Å². The molecular formula is C21H34N4O2. The molecule has 0 spiro atoms. The minimum absolute atomic E-state index is 0.299. The van der Waals surface area contributed by atoms with Crippen LogP contribution in [-0.4, -0.2) is 56.1 Å². The lowest BCUT2D eigenvalue weighted by molar-refractivity contribution is -0.129. The lowest BCUT2D eigenvalue weighted by atomic mass is 10.1. The van der Waals surface area contributed by atoms with E-state index in [2.05, 4.69) is 30.5 Å². The highest BCUT2D eigenvalue weighted by Gasteiger charge is 2.26. The molecule has 1 heterocycles. The maximum Gasteiger partial charge on any atom is 0.222 e. The van der Waals surface area contributed by atoms with Crippen LogP contribution in [0.4, 0.5) is 0 Å². The minimum Gasteiger partial charge on any atom is -0.496 e. The van der Waals surface area contributed by atoms with E-state index in [1.807, 2.05) is 23.1 Å². The van der Waals surface area contributed by atoms with E-state index in [9.17, 15) is 4.79 Å². The fraction of sp³-hybridized carbons (Fsp3) is 0.619. The maximum atomic E-state index is 12.0. The Morgan fingerprint density at radius 3 is 2.78 bits per heavy atom. The first-order valence-electron chi connectivity index (χ1n) is 10.1. The van der Waals surface area contributed by atoms with Crippen LogP contribution in [0.5, 0.6) is 5.75 Å². The van der Waals surface area contributed by atoms with Crippen LogP contribution in [0.1, 0.15) is 45.1 Å². The van der Waals surface area contributed by atoms with Gasteiger partial charge >= 0.3 is 0 Å². The van der Waals surface area contributed by atoms with Crippen LogP contribution in [0.15, 0.2) is 29.3 Å². The Bertz CT molecular complexity index is 618. The number of benzene rings is 1. The topological polar surface area (TPSA) is 66.0 Å². The summed E-state index contributed by atoms with van der Waals surface area (Å²) in [5.41, 5.74) is 1.18. The number of carbonyl (C=O) groups excluding carboxylic acids is 1. The molecule has 1 amide bonds. The van der Waals surface area contributed by atoms with E-state index in [1.54, 1.807) is 7.11 Å². The highest BCUT2D eigenvalue weighted by atomic mass is 16.5. The van der Waals surface area contributed by atoms with Crippen molar-refractivity contribution in [3.05, 3.63) is 29.8 Å². The van der Waals surface area contributed by atoms with Gasteiger partial charge in [0, 0.05) is 38.6 Å². The van der Waals surface area contributed by atoms with Gasteiger partial charge in [-0.1, -0.05) is 25.1 Å². The molecule has 1 aromatic carbocycles. The van der Waals surface area contributed by atoms with E-state index in [0.717, 1.165) is 57.0 Å². The molecule has 2 N–H and O–H groups in total. The first kappa shape index (κ1) is 21.1. The smallest absolute Gasteiger partial charge is 0.222 e. The number of amides is 1. The Morgan fingerprint density at radius 1 is 1.30 bits per heavy atom. The number of hydrogen-bond acceptors (Lipinski definition) is 3. The van der Waals surface area contributed by atoms with Gasteiger partial charge in [-0.05, 0) is 44.2 Å². The second kappa shape index (κ2) is 11.5. The molecule has 0 saturated carbocycles. The van der Waals surface area contributed by atoms with Crippen molar-refractivity contribution in [3.8, 4) is 5.75 Å². The predicted octanol–water partition coefficient (Wildman–Crippen LogP) is 2.58. The second-order valence-electron chi connectivity index (χ2n) is 6.79. The summed E-state index contributed by atoms with van der Waals surface area (Å²) >= 11 is 0. The molecule has 1 atom stereocenters. The number of likely N-dealkylation sites (tertiary alicyclic amines) is 1. The molecule has 0 aromatic heterocycles. The average Bonchev–Trinajstić information content (AvgIpc) is 3.11. The standard InChI is InChI=1S/C21H34N4O2/c1-4-18(25-16-8-11-20(25)26)13-15-24-21(22-5-2)23-14-12-17-9-6-7-10-19(17)27-3/h6-7,9-10,18H,4-5,8,11-16H2,1-3H3,(H2,22,23,24). The van der Waals surface area contributed by atoms with Gasteiger partial charge in [0.15, 0.2) is 5.96 Å². The molecule has 6 nitrogen and oxygen atoms in total. The quantitative estimate of drug-likeness (QED) is 0.488. The number of nitrogens with one attached hydrogen (secondary N) is 2. The fourth-order valence-electron chi connectivity index (χ4n) is 3.53. The zero-order chi connectivity index (χ0) is 19.5. The molecule has 0 radical (unpaired) electrons. The van der Waals surface area contributed by atoms with Gasteiger partial charge in [0.25, 0.3) is 0 Å². The van der Waals surface area contributed by atoms with Crippen LogP contribution in [0.25, 0.3) is 0 Å². The molecule has 150 valence electrons. The Kier molecular flexibility index (Phi) is 8.95. The van der Waals surface area contributed by atoms with Gasteiger partial charge in [-0.25, -0.2) is 0 Å². The summed E-state index contributed by atoms with van der Waals surface area (Å²) in [6.07, 6.45) is 4.46. The van der Waals surface area contributed by atoms with Crippen molar-refractivity contribution >= 4 is 11.9 Å². The fourth-order valence-corrected chi connectivity index (χ4v) is 3.53. The van der Waals surface area contributed by atoms with Gasteiger partial charge in [-0.2, -0.15) is 0 Å². The van der Waals surface area contributed by atoms with Crippen molar-refractivity contribution in [2.45, 2.75) is 52.0 Å². The summed E-state index contributed by atoms with van der Waals surface area (Å²) in [5, 5.41) is 6.69. The van der Waals surface area contributed by atoms with E-state index < -0.39 is 0 Å². The average molecular weight is 375 g/mol. The van der Waals surface area contributed by atoms with Crippen molar-refractivity contribution in [1.29, 1.82) is 0 Å². The number of guanidine groups is 1. The van der Waals surface area contributed by atoms with Gasteiger partial charge in [0.05, 0.1) is 7.11 Å². The summed E-state index contributed by atoms with van der Waals surface area (Å²) in [4.78, 5) is 18.7. The van der Waals surface area contributed by atoms with Gasteiger partial charge in [-0.15, -0.1) is 0 Å². The molecule has 2 rings (SSSR count). The van der Waals surface area contributed by atoms with Gasteiger partial charge < -0.3 is 20.3 Å². The molecular weight excluding hydrogens is 340 g/mol. The van der Waals surface area contributed by atoms with Crippen LogP contribution in [0, 0.1) is 0 Å². The predicted molar refractivity (Wildman–Crippen MR) is 110 cm³/mol. The first-order valence-corrected chi connectivity index (χ1v) is 10.1. The zero-order valence-electron chi connectivity index (χ0n) is 17.0. The first-order chi connectivity index (χ1) is 13.2. The lowest BCUT2D eigenvalue weighted by Crippen LogP contribution is -2.39. The normalized spacial score (nSPS) is 15.7. The zero-order valence-corrected chi connectivity index (χ0v) is 17.0. The number of para-hydroxylation sites is 1. The number of hydrogen-bond donors (Lipinski definition) is 2. The molecule has 6 heteroatoms. The summed E-state index contributed by atoms with van der Waals surface area (Å²) in [5.74, 6) is 2.05. The van der Waals surface area contributed by atoms with Crippen LogP contribution >= 0.6 is 0 Å². The summed E-state index contributed by atoms with van der Waals surface area (Å²) < 4.78 is 5.41. The Morgan fingerprint density at radius 2 is 2.11 bits per heavy atom. The van der Waals surface area contributed by atoms with Gasteiger partial charge in [-0.3, -0.25) is 9.79 Å². The van der Waals surface area contributed by atoms with E-state index in [4.69, 9.17) is 9.73 Å². The number of rotatable bonds is 10. The minimum atomic E-state index is 0.299. The summed E-state index contributed by atoms with van der Waals surface area (Å²) in [6.45, 7) is 7.44. The molecule has 27 heavy (non-hydrogen) atoms. The Labute approximate surface area is 163 Å². The van der Waals surface area contributed by atoms with Crippen molar-refractivity contribution in [2.24, 2.45) is 4.99 Å². The molecule has 1 aromatic rings. The van der Waals surface area contributed by atoms with Crippen LogP contribution < -0.4 is 15.4 Å². The summed E-state index contributed by atoms with van der Waals surface area (Å²) in [6, 6.07) is 8.39. The Balaban J connectivity index is 1.83. The lowest BCUT2D eigenvalue weighted by Gasteiger charge is -2.26. The number of ether oxygens (including phenoxy) is 1. The van der Waals surface area contributed by atoms with Crippen molar-refractivity contribution in [1.82, 2.24) is 15.5 Å². The van der Waals surface area contributed by atoms with Gasteiger partial charge in [0.1, 0.15) is 5.75 Å². The van der Waals surface area contributed by atoms with Crippen LogP contribution in [-0.2, 0) is 11.2 Å². The largest absolute Gasteiger partial charge is 0.496 e. The Hall–Kier alpha value is -2.24. The molecule has 0 aliphatic carbocycles. The van der Waals surface area contributed by atoms with Crippen LogP contribution in [0.2, 0.25) is 0 Å². The molecule has 1 aliphatic heterocycles. The summed E-state index contributed by atoms with van der Waals surface area (Å²) in [7, 11) is 1.70. The monoisotopic (exact) mass is 374 g/mol. The molecule has 0 bridgehead atoms. The molecule has 1 fully saturated rings. The van der Waals surface area contributed by atoms with Crippen molar-refractivity contribution in [2.75, 3.05) is 33.3 Å². The van der Waals surface area contributed by atoms with E-state index >= 15 is 0 Å². The number of methoxy groups -OCH3 is 1. The van der Waals surface area contributed by atoms with Gasteiger partial charge in [0.2, 0.25) is 5.91 Å². The number of carbonyl (C=O) groups is 1. The number of aliphatic imine (C=N–C) groups is 1. The maximum absolute atomic E-state index is 12.0. The van der Waals surface area contributed by atoms with Crippen LogP contribution in [0.3, 0.4) is 0 Å². The molecule has 1 aliphatic rings. The highest BCUT2D eigenvalue weighted by Crippen LogP contribution is 2.18. The van der Waals surface area contributed by atoms with E-state index in [-0.39, 0.29) is 0 Å². The molecule has 1 saturated heterocycles. The third kappa shape index (κ3) is 6.45. The number of nitrogens with zero attached hydrogens (tertiary/aromatic N) is 2. The third-order valence-electron chi connectivity index (χ3n) is 4.98.